The molecule has 0 aliphatic carbocycles. The molecule has 0 saturated carbocycles. The molecule has 2 nitrogen and oxygen atoms in total. The number of hydrogen-bond acceptors (Lipinski definition) is 3. The quantitative estimate of drug-likeness (QED) is 0.543. The van der Waals surface area contributed by atoms with E-state index in [0.29, 0.717) is 16.7 Å². The molecule has 11 heavy (non-hydrogen) atoms. The van der Waals surface area contributed by atoms with Gasteiger partial charge in [-0.3, -0.25) is 9.93 Å². The maximum Gasteiger partial charge on any atom is 0.150 e. The SMILES string of the molecule is NSc1cc(F)cc(C=O)c1. The van der Waals surface area contributed by atoms with Gasteiger partial charge in [-0.25, -0.2) is 4.39 Å². The number of benzene rings is 1. The lowest BCUT2D eigenvalue weighted by Gasteiger charge is -1.96. The average molecular weight is 171 g/mol. The molecule has 0 saturated heterocycles. The van der Waals surface area contributed by atoms with Crippen LogP contribution in [0.1, 0.15) is 10.4 Å². The Labute approximate surface area is 67.7 Å². The van der Waals surface area contributed by atoms with Crippen LogP contribution in [0.25, 0.3) is 0 Å². The predicted octanol–water partition coefficient (Wildman–Crippen LogP) is 1.60. The van der Waals surface area contributed by atoms with Crippen molar-refractivity contribution >= 4 is 18.2 Å². The number of hydrogen-bond donors (Lipinski definition) is 1. The molecule has 58 valence electrons. The van der Waals surface area contributed by atoms with Gasteiger partial charge in [-0.2, -0.15) is 0 Å². The second-order valence-corrected chi connectivity index (χ2v) is 2.66. The van der Waals surface area contributed by atoms with Gasteiger partial charge in [0.1, 0.15) is 12.1 Å². The van der Waals surface area contributed by atoms with Gasteiger partial charge in [-0.1, -0.05) is 0 Å². The number of carbonyl (C=O) groups excluding carboxylic acids is 1. The Bertz CT molecular complexity index is 277. The maximum atomic E-state index is 12.6. The van der Waals surface area contributed by atoms with Crippen LogP contribution < -0.4 is 5.14 Å². The lowest BCUT2D eigenvalue weighted by atomic mass is 10.2. The summed E-state index contributed by atoms with van der Waals surface area (Å²) in [6.07, 6.45) is 0.586. The minimum atomic E-state index is -0.442. The first-order valence-corrected chi connectivity index (χ1v) is 3.76. The molecule has 0 unspecified atom stereocenters. The fourth-order valence-corrected chi connectivity index (χ4v) is 1.11. The van der Waals surface area contributed by atoms with Gasteiger partial charge >= 0.3 is 0 Å². The molecule has 0 aliphatic rings. The monoisotopic (exact) mass is 171 g/mol. The second kappa shape index (κ2) is 3.50. The van der Waals surface area contributed by atoms with Crippen molar-refractivity contribution in [1.29, 1.82) is 0 Å². The minimum Gasteiger partial charge on any atom is -0.298 e. The van der Waals surface area contributed by atoms with E-state index < -0.39 is 5.82 Å². The third-order valence-electron chi connectivity index (χ3n) is 1.17. The Hall–Kier alpha value is -0.870. The Morgan fingerprint density at radius 1 is 1.45 bits per heavy atom. The zero-order valence-corrected chi connectivity index (χ0v) is 6.40. The molecule has 0 atom stereocenters. The van der Waals surface area contributed by atoms with Crippen LogP contribution in [0.5, 0.6) is 0 Å². The molecular weight excluding hydrogens is 165 g/mol. The van der Waals surface area contributed by atoms with E-state index in [1.807, 2.05) is 0 Å². The van der Waals surface area contributed by atoms with Crippen LogP contribution >= 0.6 is 11.9 Å². The van der Waals surface area contributed by atoms with E-state index in [9.17, 15) is 9.18 Å². The normalized spacial score (nSPS) is 9.64. The van der Waals surface area contributed by atoms with Crippen molar-refractivity contribution in [2.24, 2.45) is 5.14 Å². The molecular formula is C7H6FNOS. The topological polar surface area (TPSA) is 43.1 Å². The lowest BCUT2D eigenvalue weighted by Crippen LogP contribution is -1.86. The third kappa shape index (κ3) is 2.03. The van der Waals surface area contributed by atoms with Gasteiger partial charge in [0, 0.05) is 10.5 Å². The Morgan fingerprint density at radius 3 is 2.73 bits per heavy atom. The Kier molecular flexibility index (Phi) is 2.62. The average Bonchev–Trinajstić information content (AvgIpc) is 2.03. The van der Waals surface area contributed by atoms with Crippen LogP contribution in [-0.2, 0) is 0 Å². The summed E-state index contributed by atoms with van der Waals surface area (Å²) in [6, 6.07) is 3.96. The van der Waals surface area contributed by atoms with Crippen LogP contribution in [0.2, 0.25) is 0 Å². The summed E-state index contributed by atoms with van der Waals surface area (Å²) in [4.78, 5) is 10.8. The summed E-state index contributed by atoms with van der Waals surface area (Å²) in [5, 5.41) is 5.18. The summed E-state index contributed by atoms with van der Waals surface area (Å²) in [6.45, 7) is 0. The Morgan fingerprint density at radius 2 is 2.18 bits per heavy atom. The van der Waals surface area contributed by atoms with Gasteiger partial charge in [0.05, 0.1) is 0 Å². The third-order valence-corrected chi connectivity index (χ3v) is 1.67. The van der Waals surface area contributed by atoms with Crippen LogP contribution in [0.15, 0.2) is 23.1 Å². The minimum absolute atomic E-state index is 0.304. The van der Waals surface area contributed by atoms with E-state index in [4.69, 9.17) is 5.14 Å². The van der Waals surface area contributed by atoms with E-state index in [1.165, 1.54) is 12.1 Å². The molecule has 1 aromatic carbocycles. The van der Waals surface area contributed by atoms with Gasteiger partial charge < -0.3 is 0 Å². The fraction of sp³-hybridized carbons (Fsp3) is 0. The standard InChI is InChI=1S/C7H6FNOS/c8-6-1-5(4-10)2-7(3-6)11-9/h1-4H,9H2. The van der Waals surface area contributed by atoms with Crippen molar-refractivity contribution in [3.05, 3.63) is 29.6 Å². The first-order valence-electron chi connectivity index (χ1n) is 2.89. The Balaban J connectivity index is 3.11. The van der Waals surface area contributed by atoms with E-state index in [0.717, 1.165) is 18.0 Å². The van der Waals surface area contributed by atoms with Crippen molar-refractivity contribution in [1.82, 2.24) is 0 Å². The van der Waals surface area contributed by atoms with Crippen molar-refractivity contribution in [2.75, 3.05) is 0 Å². The van der Waals surface area contributed by atoms with Crippen LogP contribution in [0.3, 0.4) is 0 Å². The highest BCUT2D eigenvalue weighted by Gasteiger charge is 1.98. The summed E-state index contributed by atoms with van der Waals surface area (Å²) in [5.74, 6) is -0.442. The molecule has 4 heteroatoms. The largest absolute Gasteiger partial charge is 0.298 e. The first kappa shape index (κ1) is 8.23. The van der Waals surface area contributed by atoms with Crippen LogP contribution in [0.4, 0.5) is 4.39 Å². The van der Waals surface area contributed by atoms with Gasteiger partial charge in [0.2, 0.25) is 0 Å². The van der Waals surface area contributed by atoms with E-state index in [2.05, 4.69) is 0 Å². The maximum absolute atomic E-state index is 12.6. The molecule has 0 aliphatic heterocycles. The van der Waals surface area contributed by atoms with Crippen molar-refractivity contribution < 1.29 is 9.18 Å². The highest BCUT2D eigenvalue weighted by atomic mass is 32.2. The molecule has 0 heterocycles. The summed E-state index contributed by atoms with van der Waals surface area (Å²) >= 11 is 0.914. The molecule has 0 spiro atoms. The second-order valence-electron chi connectivity index (χ2n) is 1.96. The van der Waals surface area contributed by atoms with Crippen LogP contribution in [-0.4, -0.2) is 6.29 Å². The number of aldehydes is 1. The van der Waals surface area contributed by atoms with E-state index in [1.54, 1.807) is 0 Å². The molecule has 0 fully saturated rings. The highest BCUT2D eigenvalue weighted by molar-refractivity contribution is 7.97. The van der Waals surface area contributed by atoms with E-state index in [-0.39, 0.29) is 0 Å². The van der Waals surface area contributed by atoms with Gasteiger partial charge in [-0.15, -0.1) is 0 Å². The van der Waals surface area contributed by atoms with Crippen LogP contribution in [0, 0.1) is 5.82 Å². The molecule has 0 radical (unpaired) electrons. The molecule has 0 amide bonds. The van der Waals surface area contributed by atoms with E-state index >= 15 is 0 Å². The molecule has 0 aromatic heterocycles. The predicted molar refractivity (Wildman–Crippen MR) is 41.8 cm³/mol. The van der Waals surface area contributed by atoms with Gasteiger partial charge in [0.25, 0.3) is 0 Å². The number of carbonyl (C=O) groups is 1. The molecule has 1 rings (SSSR count). The number of halogens is 1. The molecule has 0 bridgehead atoms. The van der Waals surface area contributed by atoms with Gasteiger partial charge in [0.15, 0.2) is 0 Å². The first-order chi connectivity index (χ1) is 5.26. The summed E-state index contributed by atoms with van der Waals surface area (Å²) in [5.41, 5.74) is 0.304. The van der Waals surface area contributed by atoms with Gasteiger partial charge in [-0.05, 0) is 30.1 Å². The zero-order valence-electron chi connectivity index (χ0n) is 5.58. The fourth-order valence-electron chi connectivity index (χ4n) is 0.720. The van der Waals surface area contributed by atoms with Crippen molar-refractivity contribution in [2.45, 2.75) is 4.90 Å². The number of rotatable bonds is 2. The summed E-state index contributed by atoms with van der Waals surface area (Å²) in [7, 11) is 0. The van der Waals surface area contributed by atoms with Crippen molar-refractivity contribution in [3.63, 3.8) is 0 Å². The van der Waals surface area contributed by atoms with Crippen molar-refractivity contribution in [3.8, 4) is 0 Å². The highest BCUT2D eigenvalue weighted by Crippen LogP contribution is 2.14. The zero-order chi connectivity index (χ0) is 8.27. The molecule has 2 N–H and O–H groups in total. The molecule has 1 aromatic rings. The smallest absolute Gasteiger partial charge is 0.150 e. The lowest BCUT2D eigenvalue weighted by molar-refractivity contribution is 0.112. The summed E-state index contributed by atoms with van der Waals surface area (Å²) < 4.78 is 12.6. The number of nitrogens with two attached hydrogens (primary N) is 1.